The standard InChI is InChI=1S/C16H24N2OS.ClH/c1-3-14-11-18(9-10-20-14)16(19)12(2)15(17)13-7-5-4-6-8-13;/h4-8,12,14-15H,3,9-11,17H2,1-2H3;1H. The van der Waals surface area contributed by atoms with Crippen molar-refractivity contribution in [2.24, 2.45) is 11.7 Å². The molecule has 1 amide bonds. The Labute approximate surface area is 138 Å². The number of hydrogen-bond acceptors (Lipinski definition) is 3. The van der Waals surface area contributed by atoms with Crippen molar-refractivity contribution in [1.82, 2.24) is 4.90 Å². The molecule has 1 fully saturated rings. The highest BCUT2D eigenvalue weighted by molar-refractivity contribution is 8.00. The summed E-state index contributed by atoms with van der Waals surface area (Å²) >= 11 is 1.98. The minimum Gasteiger partial charge on any atom is -0.340 e. The number of rotatable bonds is 4. The van der Waals surface area contributed by atoms with E-state index in [1.54, 1.807) is 0 Å². The van der Waals surface area contributed by atoms with E-state index in [2.05, 4.69) is 6.92 Å². The molecule has 0 aromatic heterocycles. The van der Waals surface area contributed by atoms with Crippen LogP contribution in [0.2, 0.25) is 0 Å². The molecule has 1 aliphatic heterocycles. The van der Waals surface area contributed by atoms with Gasteiger partial charge >= 0.3 is 0 Å². The number of benzene rings is 1. The first-order valence-electron chi connectivity index (χ1n) is 7.34. The minimum absolute atomic E-state index is 0. The van der Waals surface area contributed by atoms with E-state index in [9.17, 15) is 4.79 Å². The molecule has 3 unspecified atom stereocenters. The number of amides is 1. The monoisotopic (exact) mass is 328 g/mol. The van der Waals surface area contributed by atoms with Crippen molar-refractivity contribution >= 4 is 30.1 Å². The number of nitrogens with two attached hydrogens (primary N) is 1. The van der Waals surface area contributed by atoms with Crippen molar-refractivity contribution in [2.75, 3.05) is 18.8 Å². The Bertz CT molecular complexity index is 443. The number of thioether (sulfide) groups is 1. The van der Waals surface area contributed by atoms with Crippen LogP contribution in [0.4, 0.5) is 0 Å². The smallest absolute Gasteiger partial charge is 0.227 e. The Kier molecular flexibility index (Phi) is 7.57. The van der Waals surface area contributed by atoms with Gasteiger partial charge in [0.1, 0.15) is 0 Å². The average Bonchev–Trinajstić information content (AvgIpc) is 2.53. The molecule has 1 aromatic carbocycles. The molecule has 1 aromatic rings. The van der Waals surface area contributed by atoms with Crippen LogP contribution < -0.4 is 5.73 Å². The fourth-order valence-corrected chi connectivity index (χ4v) is 3.75. The van der Waals surface area contributed by atoms with Crippen molar-refractivity contribution in [1.29, 1.82) is 0 Å². The average molecular weight is 329 g/mol. The molecule has 3 atom stereocenters. The summed E-state index contributed by atoms with van der Waals surface area (Å²) in [6.07, 6.45) is 1.12. The summed E-state index contributed by atoms with van der Waals surface area (Å²) < 4.78 is 0. The van der Waals surface area contributed by atoms with Gasteiger partial charge in [0.2, 0.25) is 5.91 Å². The van der Waals surface area contributed by atoms with Crippen LogP contribution in [0.15, 0.2) is 30.3 Å². The third-order valence-electron chi connectivity index (χ3n) is 4.02. The Morgan fingerprint density at radius 2 is 2.10 bits per heavy atom. The van der Waals surface area contributed by atoms with E-state index in [4.69, 9.17) is 5.73 Å². The summed E-state index contributed by atoms with van der Waals surface area (Å²) in [7, 11) is 0. The Balaban J connectivity index is 0.00000220. The summed E-state index contributed by atoms with van der Waals surface area (Å²) in [6.45, 7) is 5.85. The third kappa shape index (κ3) is 4.63. The molecule has 0 radical (unpaired) electrons. The van der Waals surface area contributed by atoms with Crippen LogP contribution >= 0.6 is 24.2 Å². The van der Waals surface area contributed by atoms with Crippen LogP contribution in [0.5, 0.6) is 0 Å². The minimum atomic E-state index is -0.224. The Morgan fingerprint density at radius 1 is 1.43 bits per heavy atom. The molecule has 2 rings (SSSR count). The third-order valence-corrected chi connectivity index (χ3v) is 5.39. The SMILES string of the molecule is CCC1CN(C(=O)C(C)C(N)c2ccccc2)CCS1.Cl. The predicted octanol–water partition coefficient (Wildman–Crippen LogP) is 3.10. The lowest BCUT2D eigenvalue weighted by Gasteiger charge is -2.35. The van der Waals surface area contributed by atoms with Gasteiger partial charge < -0.3 is 10.6 Å². The first kappa shape index (κ1) is 18.3. The lowest BCUT2D eigenvalue weighted by Crippen LogP contribution is -2.46. The highest BCUT2D eigenvalue weighted by Crippen LogP contribution is 2.25. The van der Waals surface area contributed by atoms with Crippen molar-refractivity contribution in [2.45, 2.75) is 31.6 Å². The van der Waals surface area contributed by atoms with Gasteiger partial charge in [0.05, 0.1) is 5.92 Å². The first-order valence-corrected chi connectivity index (χ1v) is 8.39. The van der Waals surface area contributed by atoms with Gasteiger partial charge in [-0.25, -0.2) is 0 Å². The van der Waals surface area contributed by atoms with E-state index in [0.29, 0.717) is 5.25 Å². The van der Waals surface area contributed by atoms with Gasteiger partial charge in [-0.15, -0.1) is 12.4 Å². The van der Waals surface area contributed by atoms with Crippen LogP contribution in [0.3, 0.4) is 0 Å². The Morgan fingerprint density at radius 3 is 2.71 bits per heavy atom. The number of halogens is 1. The molecular formula is C16H25ClN2OS. The molecular weight excluding hydrogens is 304 g/mol. The fraction of sp³-hybridized carbons (Fsp3) is 0.562. The maximum atomic E-state index is 12.6. The number of carbonyl (C=O) groups excluding carboxylic acids is 1. The van der Waals surface area contributed by atoms with Gasteiger partial charge in [0.25, 0.3) is 0 Å². The van der Waals surface area contributed by atoms with Crippen molar-refractivity contribution in [3.8, 4) is 0 Å². The predicted molar refractivity (Wildman–Crippen MR) is 92.9 cm³/mol. The zero-order valence-corrected chi connectivity index (χ0v) is 14.3. The van der Waals surface area contributed by atoms with Gasteiger partial charge in [0, 0.05) is 30.1 Å². The summed E-state index contributed by atoms with van der Waals surface area (Å²) in [6, 6.07) is 9.67. The topological polar surface area (TPSA) is 46.3 Å². The second-order valence-electron chi connectivity index (χ2n) is 5.41. The molecule has 2 N–H and O–H groups in total. The van der Waals surface area contributed by atoms with Gasteiger partial charge in [-0.1, -0.05) is 44.2 Å². The van der Waals surface area contributed by atoms with Crippen molar-refractivity contribution in [3.63, 3.8) is 0 Å². The molecule has 0 spiro atoms. The van der Waals surface area contributed by atoms with Gasteiger partial charge in [-0.05, 0) is 12.0 Å². The lowest BCUT2D eigenvalue weighted by molar-refractivity contribution is -0.135. The van der Waals surface area contributed by atoms with Crippen LogP contribution in [-0.2, 0) is 4.79 Å². The first-order chi connectivity index (χ1) is 9.63. The van der Waals surface area contributed by atoms with E-state index in [0.717, 1.165) is 30.8 Å². The number of nitrogens with zero attached hydrogens (tertiary/aromatic N) is 1. The zero-order chi connectivity index (χ0) is 14.5. The molecule has 5 heteroatoms. The second-order valence-corrected chi connectivity index (χ2v) is 6.82. The second kappa shape index (κ2) is 8.66. The van der Waals surface area contributed by atoms with E-state index in [1.165, 1.54) is 0 Å². The van der Waals surface area contributed by atoms with Crippen LogP contribution in [0.1, 0.15) is 31.9 Å². The zero-order valence-electron chi connectivity index (χ0n) is 12.7. The molecule has 3 nitrogen and oxygen atoms in total. The van der Waals surface area contributed by atoms with Crippen molar-refractivity contribution in [3.05, 3.63) is 35.9 Å². The molecule has 1 aliphatic rings. The van der Waals surface area contributed by atoms with E-state index in [-0.39, 0.29) is 30.3 Å². The van der Waals surface area contributed by atoms with E-state index >= 15 is 0 Å². The number of carbonyl (C=O) groups is 1. The summed E-state index contributed by atoms with van der Waals surface area (Å²) in [4.78, 5) is 14.6. The lowest BCUT2D eigenvalue weighted by atomic mass is 9.94. The summed E-state index contributed by atoms with van der Waals surface area (Å²) in [5.41, 5.74) is 7.29. The van der Waals surface area contributed by atoms with E-state index in [1.807, 2.05) is 53.9 Å². The summed E-state index contributed by atoms with van der Waals surface area (Å²) in [5.74, 6) is 1.07. The quantitative estimate of drug-likeness (QED) is 0.923. The highest BCUT2D eigenvalue weighted by atomic mass is 35.5. The van der Waals surface area contributed by atoms with Crippen LogP contribution in [0, 0.1) is 5.92 Å². The molecule has 1 heterocycles. The molecule has 118 valence electrons. The summed E-state index contributed by atoms with van der Waals surface area (Å²) in [5, 5.41) is 0.577. The maximum absolute atomic E-state index is 12.6. The largest absolute Gasteiger partial charge is 0.340 e. The van der Waals surface area contributed by atoms with Gasteiger partial charge in [-0.3, -0.25) is 4.79 Å². The van der Waals surface area contributed by atoms with Crippen LogP contribution in [0.25, 0.3) is 0 Å². The Hall–Kier alpha value is -0.710. The normalized spacial score (nSPS) is 21.3. The van der Waals surface area contributed by atoms with E-state index < -0.39 is 0 Å². The molecule has 21 heavy (non-hydrogen) atoms. The van der Waals surface area contributed by atoms with Crippen molar-refractivity contribution < 1.29 is 4.79 Å². The molecule has 0 aliphatic carbocycles. The fourth-order valence-electron chi connectivity index (χ4n) is 2.57. The number of hydrogen-bond donors (Lipinski definition) is 1. The van der Waals surface area contributed by atoms with Crippen LogP contribution in [-0.4, -0.2) is 34.9 Å². The van der Waals surface area contributed by atoms with Gasteiger partial charge in [-0.2, -0.15) is 11.8 Å². The molecule has 0 bridgehead atoms. The highest BCUT2D eigenvalue weighted by Gasteiger charge is 2.29. The molecule has 1 saturated heterocycles. The maximum Gasteiger partial charge on any atom is 0.227 e. The molecule has 0 saturated carbocycles. The van der Waals surface area contributed by atoms with Gasteiger partial charge in [0.15, 0.2) is 0 Å².